The predicted octanol–water partition coefficient (Wildman–Crippen LogP) is 1.71. The van der Waals surface area contributed by atoms with Gasteiger partial charge >= 0.3 is 0 Å². The minimum atomic E-state index is -0.128. The van der Waals surface area contributed by atoms with Gasteiger partial charge < -0.3 is 19.7 Å². The molecule has 1 atom stereocenters. The topological polar surface area (TPSA) is 52.0 Å². The van der Waals surface area contributed by atoms with E-state index >= 15 is 0 Å². The molecule has 1 amide bonds. The highest BCUT2D eigenvalue weighted by Gasteiger charge is 2.19. The van der Waals surface area contributed by atoms with E-state index in [4.69, 9.17) is 9.47 Å². The molecule has 0 unspecified atom stereocenters. The Morgan fingerprint density at radius 3 is 2.44 bits per heavy atom. The molecule has 0 aliphatic heterocycles. The minimum Gasteiger partial charge on any atom is -0.493 e. The van der Waals surface area contributed by atoms with E-state index in [1.807, 2.05) is 37.3 Å². The lowest BCUT2D eigenvalue weighted by atomic mass is 10.1. The Morgan fingerprint density at radius 2 is 1.84 bits per heavy atom. The van der Waals surface area contributed by atoms with Crippen LogP contribution >= 0.6 is 0 Å². The third-order valence-corrected chi connectivity index (χ3v) is 3.85. The zero-order valence-corrected chi connectivity index (χ0v) is 15.3. The van der Waals surface area contributed by atoms with Crippen LogP contribution in [0.3, 0.4) is 0 Å². The van der Waals surface area contributed by atoms with Crippen LogP contribution in [-0.2, 0) is 0 Å². The summed E-state index contributed by atoms with van der Waals surface area (Å²) in [4.78, 5) is 14.0. The molecule has 0 saturated carbocycles. The normalized spacial score (nSPS) is 11.9. The molecule has 0 fully saturated rings. The van der Waals surface area contributed by atoms with Gasteiger partial charge in [0.2, 0.25) is 0 Å². The Morgan fingerprint density at radius 1 is 1.12 bits per heavy atom. The number of quaternary nitrogens is 1. The standard InChI is InChI=1S/C20H26N2O3/c1-5-25-18-12-11-16(13-19(18)24-4)20(23)21-17(14-22(2)3)15-9-7-6-8-10-15/h6-13,17H,5,14H2,1-4H3,(H,21,23)/p+1/t17-/m1/s1. The van der Waals surface area contributed by atoms with Gasteiger partial charge in [0.05, 0.1) is 27.8 Å². The van der Waals surface area contributed by atoms with Crippen LogP contribution in [0.25, 0.3) is 0 Å². The van der Waals surface area contributed by atoms with Gasteiger partial charge in [-0.2, -0.15) is 0 Å². The number of rotatable bonds is 8. The van der Waals surface area contributed by atoms with Crippen molar-refractivity contribution in [2.45, 2.75) is 13.0 Å². The Hall–Kier alpha value is -2.53. The first kappa shape index (κ1) is 18.8. The van der Waals surface area contributed by atoms with Crippen LogP contribution in [0.15, 0.2) is 48.5 Å². The molecule has 0 spiro atoms. The second-order valence-corrected chi connectivity index (χ2v) is 6.15. The first-order valence-corrected chi connectivity index (χ1v) is 8.50. The number of hydrogen-bond acceptors (Lipinski definition) is 3. The summed E-state index contributed by atoms with van der Waals surface area (Å²) >= 11 is 0. The summed E-state index contributed by atoms with van der Waals surface area (Å²) in [5.74, 6) is 1.07. The molecular weight excluding hydrogens is 316 g/mol. The smallest absolute Gasteiger partial charge is 0.252 e. The molecule has 2 rings (SSSR count). The molecular formula is C20H27N2O3+. The Labute approximate surface area is 149 Å². The van der Waals surface area contributed by atoms with Gasteiger partial charge in [-0.05, 0) is 30.7 Å². The number of carbonyl (C=O) groups excluding carboxylic acids is 1. The van der Waals surface area contributed by atoms with Crippen LogP contribution in [0.2, 0.25) is 0 Å². The minimum absolute atomic E-state index is 0.0590. The van der Waals surface area contributed by atoms with E-state index < -0.39 is 0 Å². The number of nitrogens with one attached hydrogen (secondary N) is 2. The lowest BCUT2D eigenvalue weighted by Gasteiger charge is -2.21. The zero-order chi connectivity index (χ0) is 18.2. The largest absolute Gasteiger partial charge is 0.493 e. The third kappa shape index (κ3) is 5.22. The van der Waals surface area contributed by atoms with E-state index in [0.717, 1.165) is 12.1 Å². The molecule has 2 N–H and O–H groups in total. The van der Waals surface area contributed by atoms with E-state index in [1.165, 1.54) is 4.90 Å². The Bertz CT molecular complexity index is 687. The van der Waals surface area contributed by atoms with Gasteiger partial charge in [-0.3, -0.25) is 4.79 Å². The number of amides is 1. The Balaban J connectivity index is 2.20. The zero-order valence-electron chi connectivity index (χ0n) is 15.3. The number of ether oxygens (including phenoxy) is 2. The molecule has 0 aromatic heterocycles. The lowest BCUT2D eigenvalue weighted by molar-refractivity contribution is -0.860. The maximum absolute atomic E-state index is 12.7. The van der Waals surface area contributed by atoms with Crippen molar-refractivity contribution in [3.63, 3.8) is 0 Å². The molecule has 0 bridgehead atoms. The van der Waals surface area contributed by atoms with E-state index in [0.29, 0.717) is 23.7 Å². The predicted molar refractivity (Wildman–Crippen MR) is 98.5 cm³/mol. The summed E-state index contributed by atoms with van der Waals surface area (Å²) < 4.78 is 10.8. The first-order valence-electron chi connectivity index (χ1n) is 8.50. The third-order valence-electron chi connectivity index (χ3n) is 3.85. The SMILES string of the molecule is CCOc1ccc(C(=O)N[C@H](C[NH+](C)C)c2ccccc2)cc1OC. The molecule has 0 aliphatic rings. The van der Waals surface area contributed by atoms with Crippen LogP contribution < -0.4 is 19.7 Å². The van der Waals surface area contributed by atoms with Crippen LogP contribution in [-0.4, -0.2) is 40.3 Å². The van der Waals surface area contributed by atoms with E-state index in [1.54, 1.807) is 25.3 Å². The fraction of sp³-hybridized carbons (Fsp3) is 0.350. The van der Waals surface area contributed by atoms with Gasteiger partial charge in [0, 0.05) is 5.56 Å². The lowest BCUT2D eigenvalue weighted by Crippen LogP contribution is -3.06. The van der Waals surface area contributed by atoms with Crippen molar-refractivity contribution < 1.29 is 19.2 Å². The van der Waals surface area contributed by atoms with Crippen molar-refractivity contribution in [2.75, 3.05) is 34.4 Å². The van der Waals surface area contributed by atoms with E-state index in [9.17, 15) is 4.79 Å². The van der Waals surface area contributed by atoms with Gasteiger partial charge in [0.15, 0.2) is 11.5 Å². The Kier molecular flexibility index (Phi) is 6.83. The monoisotopic (exact) mass is 343 g/mol. The molecule has 0 aliphatic carbocycles. The second kappa shape index (κ2) is 9.08. The summed E-state index contributed by atoms with van der Waals surface area (Å²) in [6.45, 7) is 3.25. The summed E-state index contributed by atoms with van der Waals surface area (Å²) in [6.07, 6.45) is 0. The summed E-state index contributed by atoms with van der Waals surface area (Å²) in [5, 5.41) is 3.13. The fourth-order valence-corrected chi connectivity index (χ4v) is 2.67. The van der Waals surface area contributed by atoms with Crippen LogP contribution in [0.1, 0.15) is 28.9 Å². The van der Waals surface area contributed by atoms with Crippen LogP contribution in [0, 0.1) is 0 Å². The molecule has 2 aromatic rings. The van der Waals surface area contributed by atoms with E-state index in [-0.39, 0.29) is 11.9 Å². The quantitative estimate of drug-likeness (QED) is 0.767. The summed E-state index contributed by atoms with van der Waals surface area (Å²) in [5.41, 5.74) is 1.64. The van der Waals surface area contributed by atoms with Gasteiger partial charge in [-0.25, -0.2) is 0 Å². The molecule has 0 radical (unpaired) electrons. The highest BCUT2D eigenvalue weighted by atomic mass is 16.5. The number of carbonyl (C=O) groups is 1. The average molecular weight is 343 g/mol. The molecule has 134 valence electrons. The molecule has 2 aromatic carbocycles. The number of hydrogen-bond donors (Lipinski definition) is 2. The van der Waals surface area contributed by atoms with Crippen molar-refractivity contribution in [3.05, 3.63) is 59.7 Å². The molecule has 5 nitrogen and oxygen atoms in total. The molecule has 5 heteroatoms. The van der Waals surface area contributed by atoms with Crippen LogP contribution in [0.5, 0.6) is 11.5 Å². The van der Waals surface area contributed by atoms with Crippen molar-refractivity contribution in [3.8, 4) is 11.5 Å². The number of likely N-dealkylation sites (N-methyl/N-ethyl adjacent to an activating group) is 1. The van der Waals surface area contributed by atoms with Gasteiger partial charge in [0.1, 0.15) is 12.6 Å². The van der Waals surface area contributed by atoms with Gasteiger partial charge in [-0.15, -0.1) is 0 Å². The molecule has 0 saturated heterocycles. The summed E-state index contributed by atoms with van der Waals surface area (Å²) in [6, 6.07) is 15.2. The van der Waals surface area contributed by atoms with Crippen LogP contribution in [0.4, 0.5) is 0 Å². The molecule has 0 heterocycles. The van der Waals surface area contributed by atoms with Gasteiger partial charge in [-0.1, -0.05) is 30.3 Å². The van der Waals surface area contributed by atoms with Crippen molar-refractivity contribution in [2.24, 2.45) is 0 Å². The number of benzene rings is 2. The average Bonchev–Trinajstić information content (AvgIpc) is 2.62. The van der Waals surface area contributed by atoms with Crippen molar-refractivity contribution in [1.29, 1.82) is 0 Å². The summed E-state index contributed by atoms with van der Waals surface area (Å²) in [7, 11) is 5.71. The maximum atomic E-state index is 12.7. The number of methoxy groups -OCH3 is 1. The molecule has 25 heavy (non-hydrogen) atoms. The van der Waals surface area contributed by atoms with Crippen molar-refractivity contribution in [1.82, 2.24) is 5.32 Å². The second-order valence-electron chi connectivity index (χ2n) is 6.15. The highest BCUT2D eigenvalue weighted by molar-refractivity contribution is 5.95. The highest BCUT2D eigenvalue weighted by Crippen LogP contribution is 2.28. The van der Waals surface area contributed by atoms with Crippen molar-refractivity contribution >= 4 is 5.91 Å². The maximum Gasteiger partial charge on any atom is 0.252 e. The first-order chi connectivity index (χ1) is 12.0. The van der Waals surface area contributed by atoms with Gasteiger partial charge in [0.25, 0.3) is 5.91 Å². The van der Waals surface area contributed by atoms with E-state index in [2.05, 4.69) is 19.4 Å². The fourth-order valence-electron chi connectivity index (χ4n) is 2.67.